The van der Waals surface area contributed by atoms with E-state index in [2.05, 4.69) is 4.42 Å². The molecule has 49 heavy (non-hydrogen) atoms. The van der Waals surface area contributed by atoms with Gasteiger partial charge in [0.15, 0.2) is 22.8 Å². The average Bonchev–Trinajstić information content (AvgIpc) is 3.35. The molecule has 4 rings (SSSR count). The Hall–Kier alpha value is -3.95. The monoisotopic (exact) mass is 802 g/mol. The molecule has 0 atom stereocenters. The van der Waals surface area contributed by atoms with Gasteiger partial charge in [0.25, 0.3) is 0 Å². The molecule has 1 heterocycles. The smallest absolute Gasteiger partial charge is 0.450 e. The first kappa shape index (κ1) is 37.9. The van der Waals surface area contributed by atoms with E-state index in [0.29, 0.717) is 0 Å². The van der Waals surface area contributed by atoms with E-state index in [1.54, 1.807) is 0 Å². The van der Waals surface area contributed by atoms with E-state index in [1.165, 1.54) is 0 Å². The zero-order chi connectivity index (χ0) is 38.1. The molecule has 7 nitrogen and oxygen atoms in total. The van der Waals surface area contributed by atoms with Crippen molar-refractivity contribution in [2.24, 2.45) is 0 Å². The van der Waals surface area contributed by atoms with Gasteiger partial charge in [-0.05, 0) is 0 Å². The third-order valence-corrected chi connectivity index (χ3v) is 10.1. The van der Waals surface area contributed by atoms with Gasteiger partial charge in [0.1, 0.15) is 23.3 Å². The van der Waals surface area contributed by atoms with Crippen LogP contribution in [0.3, 0.4) is 0 Å². The first-order valence-corrected chi connectivity index (χ1v) is 15.5. The molecular formula is C21F18O7S3. The van der Waals surface area contributed by atoms with E-state index in [-0.39, 0.29) is 0 Å². The highest BCUT2D eigenvalue weighted by molar-refractivity contribution is 8.01. The molecule has 0 aliphatic carbocycles. The highest BCUT2D eigenvalue weighted by Gasteiger charge is 2.53. The van der Waals surface area contributed by atoms with Gasteiger partial charge in [-0.1, -0.05) is 0 Å². The van der Waals surface area contributed by atoms with E-state index in [0.717, 1.165) is 0 Å². The van der Waals surface area contributed by atoms with Crippen LogP contribution in [0.25, 0.3) is 48.2 Å². The molecule has 1 aromatic heterocycles. The summed E-state index contributed by atoms with van der Waals surface area (Å²) >= 11 is 0. The Morgan fingerprint density at radius 3 is 0.816 bits per heavy atom. The standard InChI is InChI=1S/C21F18O7S3/c22-8-1-2(9(23)5(8)16(28)47(40,41)19(31,32)33)4-11(25)7(18(30)49(44,45)21(37,38)39)13(27)15(4)46-14-3(1)10(24)6(12(14)26)17(29)48(42,43)20(34,35)36/b16-5?,17-6-,18-7+. The summed E-state index contributed by atoms with van der Waals surface area (Å²) in [6.45, 7) is 0. The largest absolute Gasteiger partial charge is 0.504 e. The fourth-order valence-electron chi connectivity index (χ4n) is 4.09. The van der Waals surface area contributed by atoms with Crippen LogP contribution in [0.2, 0.25) is 0 Å². The molecule has 0 amide bonds. The highest BCUT2D eigenvalue weighted by Crippen LogP contribution is 2.41. The highest BCUT2D eigenvalue weighted by atomic mass is 32.2. The molecule has 0 N–H and O–H groups in total. The quantitative estimate of drug-likeness (QED) is 0.262. The lowest BCUT2D eigenvalue weighted by Crippen LogP contribution is -2.27. The first-order chi connectivity index (χ1) is 21.8. The summed E-state index contributed by atoms with van der Waals surface area (Å²) in [7, 11) is -22.6. The summed E-state index contributed by atoms with van der Waals surface area (Å²) in [5.74, 6) is -19.6. The van der Waals surface area contributed by atoms with Crippen molar-refractivity contribution in [2.75, 3.05) is 0 Å². The van der Waals surface area contributed by atoms with Gasteiger partial charge in [0.2, 0.25) is 15.5 Å². The maximum Gasteiger partial charge on any atom is 0.504 e. The molecule has 0 radical (unpaired) electrons. The second-order valence-electron chi connectivity index (χ2n) is 8.94. The van der Waals surface area contributed by atoms with Crippen LogP contribution in [0, 0.1) is 34.9 Å². The molecule has 0 aliphatic rings. The molecule has 270 valence electrons. The van der Waals surface area contributed by atoms with Crippen LogP contribution in [0.15, 0.2) is 4.42 Å². The number of hydrogen-bond acceptors (Lipinski definition) is 7. The van der Waals surface area contributed by atoms with E-state index in [4.69, 9.17) is 0 Å². The molecule has 0 aliphatic heterocycles. The maximum atomic E-state index is 15.6. The Bertz CT molecular complexity index is 2530. The van der Waals surface area contributed by atoms with Crippen molar-refractivity contribution >= 4 is 77.7 Å². The molecule has 0 saturated heterocycles. The van der Waals surface area contributed by atoms with Gasteiger partial charge in [-0.25, -0.2) is 51.6 Å². The summed E-state index contributed by atoms with van der Waals surface area (Å²) < 4.78 is 326. The second-order valence-corrected chi connectivity index (χ2v) is 14.4. The number of rotatable bonds is 3. The van der Waals surface area contributed by atoms with Crippen LogP contribution < -0.4 is 15.7 Å². The minimum Gasteiger partial charge on any atom is -0.450 e. The molecule has 3 aromatic carbocycles. The molecular weight excluding hydrogens is 802 g/mol. The van der Waals surface area contributed by atoms with E-state index in [9.17, 15) is 77.9 Å². The predicted octanol–water partition coefficient (Wildman–Crippen LogP) is 5.20. The zero-order valence-corrected chi connectivity index (χ0v) is 23.8. The van der Waals surface area contributed by atoms with Crippen molar-refractivity contribution in [2.45, 2.75) is 16.5 Å². The zero-order valence-electron chi connectivity index (χ0n) is 21.4. The van der Waals surface area contributed by atoms with Crippen LogP contribution in [-0.2, 0) is 29.5 Å². The molecule has 28 heteroatoms. The van der Waals surface area contributed by atoms with Crippen LogP contribution in [-0.4, -0.2) is 41.8 Å². The maximum absolute atomic E-state index is 15.6. The average molecular weight is 802 g/mol. The minimum atomic E-state index is -7.60. The Morgan fingerprint density at radius 2 is 0.592 bits per heavy atom. The van der Waals surface area contributed by atoms with Crippen molar-refractivity contribution in [3.05, 3.63) is 50.6 Å². The fraction of sp³-hybridized carbons (Fsp3) is 0.143. The van der Waals surface area contributed by atoms with E-state index in [1.807, 2.05) is 0 Å². The normalized spacial score (nSPS) is 16.2. The third kappa shape index (κ3) is 4.98. The Kier molecular flexibility index (Phi) is 8.32. The molecule has 0 saturated carbocycles. The summed E-state index contributed by atoms with van der Waals surface area (Å²) in [5, 5.41) is -31.9. The summed E-state index contributed by atoms with van der Waals surface area (Å²) in [4.78, 5) is 0. The van der Waals surface area contributed by atoms with Gasteiger partial charge >= 0.3 is 46.0 Å². The first-order valence-electron chi connectivity index (χ1n) is 11.0. The van der Waals surface area contributed by atoms with Gasteiger partial charge in [0, 0.05) is 10.8 Å². The molecule has 0 unspecified atom stereocenters. The predicted molar refractivity (Wildman–Crippen MR) is 124 cm³/mol. The topological polar surface area (TPSA) is 116 Å². The molecule has 0 spiro atoms. The Labute approximate surface area is 253 Å². The van der Waals surface area contributed by atoms with Crippen molar-refractivity contribution in [1.82, 2.24) is 0 Å². The van der Waals surface area contributed by atoms with Crippen molar-refractivity contribution < 1.29 is 109 Å². The van der Waals surface area contributed by atoms with Crippen LogP contribution in [0.5, 0.6) is 0 Å². The Balaban J connectivity index is 2.63. The number of fused-ring (bicyclic) bond motifs is 5. The van der Waals surface area contributed by atoms with E-state index >= 15 is 26.3 Å². The summed E-state index contributed by atoms with van der Waals surface area (Å²) in [6.07, 6.45) is 0. The van der Waals surface area contributed by atoms with Crippen molar-refractivity contribution in [3.8, 4) is 0 Å². The molecule has 4 aromatic rings. The fourth-order valence-corrected chi connectivity index (χ4v) is 6.04. The lowest BCUT2D eigenvalue weighted by atomic mass is 10.1. The number of alkyl halides is 9. The summed E-state index contributed by atoms with van der Waals surface area (Å²) in [5.41, 5.74) is -25.7. The van der Waals surface area contributed by atoms with Crippen molar-refractivity contribution in [3.63, 3.8) is 0 Å². The SMILES string of the molecule is O=S(=O)(C(F)=c1c(F)c2c3c(F)/c(=C(\F)S(=O)(=O)C(F)(F)F)c(F)c3oc3c(F)/c(=C(\F)S(=O)(=O)C(F)(F)F)c(F)c3c2c1F)C(F)(F)F. The van der Waals surface area contributed by atoms with Gasteiger partial charge in [0.05, 0.1) is 26.4 Å². The summed E-state index contributed by atoms with van der Waals surface area (Å²) in [6, 6.07) is 0. The van der Waals surface area contributed by atoms with Crippen LogP contribution in [0.4, 0.5) is 79.0 Å². The van der Waals surface area contributed by atoms with Gasteiger partial charge < -0.3 is 4.42 Å². The molecule has 0 fully saturated rings. The van der Waals surface area contributed by atoms with Gasteiger partial charge in [-0.2, -0.15) is 52.7 Å². The number of sulfone groups is 3. The lowest BCUT2D eigenvalue weighted by Gasteiger charge is -2.04. The Morgan fingerprint density at radius 1 is 0.388 bits per heavy atom. The second kappa shape index (κ2) is 10.8. The lowest BCUT2D eigenvalue weighted by molar-refractivity contribution is -0.0430. The van der Waals surface area contributed by atoms with Crippen molar-refractivity contribution in [1.29, 1.82) is 0 Å². The van der Waals surface area contributed by atoms with E-state index < -0.39 is 145 Å². The van der Waals surface area contributed by atoms with Crippen LogP contribution >= 0.6 is 0 Å². The number of hydrogen-bond donors (Lipinski definition) is 0. The van der Waals surface area contributed by atoms with Gasteiger partial charge in [-0.3, -0.25) is 0 Å². The molecule has 0 bridgehead atoms. The van der Waals surface area contributed by atoms with Crippen LogP contribution in [0.1, 0.15) is 0 Å². The minimum absolute atomic E-state index is 2.60. The number of halogens is 18. The third-order valence-electron chi connectivity index (χ3n) is 6.21. The van der Waals surface area contributed by atoms with Gasteiger partial charge in [-0.15, -0.1) is 0 Å².